The van der Waals surface area contributed by atoms with Gasteiger partial charge in [-0.25, -0.2) is 4.79 Å². The van der Waals surface area contributed by atoms with Crippen LogP contribution in [0.5, 0.6) is 0 Å². The third-order valence-electron chi connectivity index (χ3n) is 2.48. The smallest absolute Gasteiger partial charge is 0.328 e. The van der Waals surface area contributed by atoms with Crippen LogP contribution in [0.15, 0.2) is 30.3 Å². The minimum atomic E-state index is -0.956. The number of likely N-dealkylation sites (N-methyl/N-ethyl adjacent to an activating group) is 1. The van der Waals surface area contributed by atoms with Gasteiger partial charge in [-0.2, -0.15) is 0 Å². The number of carbonyl (C=O) groups is 1. The first kappa shape index (κ1) is 14.4. The molecule has 0 spiro atoms. The van der Waals surface area contributed by atoms with Crippen LogP contribution in [0.3, 0.4) is 0 Å². The summed E-state index contributed by atoms with van der Waals surface area (Å²) in [5.74, 6) is -0.956. The molecule has 1 unspecified atom stereocenters. The molecule has 4 nitrogen and oxygen atoms in total. The molecule has 0 aliphatic carbocycles. The molecule has 0 bridgehead atoms. The number of aliphatic hydroxyl groups is 1. The van der Waals surface area contributed by atoms with E-state index >= 15 is 0 Å². The molecule has 18 heavy (non-hydrogen) atoms. The lowest BCUT2D eigenvalue weighted by Crippen LogP contribution is -2.27. The fourth-order valence-corrected chi connectivity index (χ4v) is 1.81. The number of carboxylic acid groups (broad SMARTS) is 1. The molecule has 1 aromatic rings. The Hall–Kier alpha value is -1.65. The van der Waals surface area contributed by atoms with E-state index in [-0.39, 0.29) is 6.10 Å². The van der Waals surface area contributed by atoms with Crippen molar-refractivity contribution in [2.75, 3.05) is 13.6 Å². The van der Waals surface area contributed by atoms with Crippen molar-refractivity contribution in [3.63, 3.8) is 0 Å². The molecule has 0 fully saturated rings. The van der Waals surface area contributed by atoms with Crippen molar-refractivity contribution >= 4 is 12.0 Å². The number of hydrogen-bond donors (Lipinski definition) is 2. The maximum atomic E-state index is 10.5. The molecule has 4 heteroatoms. The van der Waals surface area contributed by atoms with Gasteiger partial charge in [-0.15, -0.1) is 0 Å². The number of rotatable bonds is 6. The Balaban J connectivity index is 2.79. The van der Waals surface area contributed by atoms with E-state index in [0.29, 0.717) is 13.1 Å². The largest absolute Gasteiger partial charge is 0.478 e. The van der Waals surface area contributed by atoms with Crippen molar-refractivity contribution in [3.8, 4) is 0 Å². The van der Waals surface area contributed by atoms with Crippen molar-refractivity contribution in [1.82, 2.24) is 4.90 Å². The predicted molar refractivity (Wildman–Crippen MR) is 71.1 cm³/mol. The maximum absolute atomic E-state index is 10.5. The highest BCUT2D eigenvalue weighted by Gasteiger charge is 2.06. The SMILES string of the molecule is CC(O)CN(C)Cc1ccccc1C=CC(=O)O. The van der Waals surface area contributed by atoms with Crippen LogP contribution in [0, 0.1) is 0 Å². The Morgan fingerprint density at radius 3 is 2.72 bits per heavy atom. The molecule has 0 saturated carbocycles. The van der Waals surface area contributed by atoms with Gasteiger partial charge in [0.05, 0.1) is 6.10 Å². The van der Waals surface area contributed by atoms with Gasteiger partial charge in [-0.05, 0) is 31.2 Å². The van der Waals surface area contributed by atoms with Crippen LogP contribution < -0.4 is 0 Å². The Kier molecular flexibility index (Phi) is 5.55. The quantitative estimate of drug-likeness (QED) is 0.752. The summed E-state index contributed by atoms with van der Waals surface area (Å²) >= 11 is 0. The summed E-state index contributed by atoms with van der Waals surface area (Å²) < 4.78 is 0. The van der Waals surface area contributed by atoms with Crippen molar-refractivity contribution in [2.24, 2.45) is 0 Å². The van der Waals surface area contributed by atoms with Gasteiger partial charge in [0.2, 0.25) is 0 Å². The Morgan fingerprint density at radius 2 is 2.11 bits per heavy atom. The van der Waals surface area contributed by atoms with Gasteiger partial charge in [0.1, 0.15) is 0 Å². The minimum absolute atomic E-state index is 0.378. The highest BCUT2D eigenvalue weighted by atomic mass is 16.4. The lowest BCUT2D eigenvalue weighted by atomic mass is 10.1. The summed E-state index contributed by atoms with van der Waals surface area (Å²) in [5, 5.41) is 17.9. The molecule has 0 heterocycles. The van der Waals surface area contributed by atoms with E-state index in [0.717, 1.165) is 17.2 Å². The average Bonchev–Trinajstić information content (AvgIpc) is 2.26. The van der Waals surface area contributed by atoms with Crippen LogP contribution >= 0.6 is 0 Å². The number of hydrogen-bond acceptors (Lipinski definition) is 3. The van der Waals surface area contributed by atoms with Gasteiger partial charge < -0.3 is 10.2 Å². The summed E-state index contributed by atoms with van der Waals surface area (Å²) in [6.45, 7) is 2.99. The molecule has 0 aliphatic rings. The molecule has 0 saturated heterocycles. The first-order chi connectivity index (χ1) is 8.49. The number of aliphatic carboxylic acids is 1. The fourth-order valence-electron chi connectivity index (χ4n) is 1.81. The highest BCUT2D eigenvalue weighted by Crippen LogP contribution is 2.13. The number of benzene rings is 1. The molecular formula is C14H19NO3. The van der Waals surface area contributed by atoms with Gasteiger partial charge in [0, 0.05) is 19.2 Å². The summed E-state index contributed by atoms with van der Waals surface area (Å²) in [5.41, 5.74) is 1.93. The third kappa shape index (κ3) is 5.12. The number of aliphatic hydroxyl groups excluding tert-OH is 1. The monoisotopic (exact) mass is 249 g/mol. The molecule has 0 radical (unpaired) electrons. The van der Waals surface area contributed by atoms with E-state index in [4.69, 9.17) is 5.11 Å². The molecule has 98 valence electrons. The molecule has 1 aromatic carbocycles. The first-order valence-electron chi connectivity index (χ1n) is 5.84. The Bertz CT molecular complexity index is 427. The topological polar surface area (TPSA) is 60.8 Å². The van der Waals surface area contributed by atoms with E-state index in [1.165, 1.54) is 0 Å². The number of carboxylic acids is 1. The number of nitrogens with zero attached hydrogens (tertiary/aromatic N) is 1. The Labute approximate surface area is 107 Å². The summed E-state index contributed by atoms with van der Waals surface area (Å²) in [6.07, 6.45) is 2.35. The fraction of sp³-hybridized carbons (Fsp3) is 0.357. The van der Waals surface area contributed by atoms with E-state index in [2.05, 4.69) is 0 Å². The molecule has 0 amide bonds. The van der Waals surface area contributed by atoms with E-state index in [9.17, 15) is 9.90 Å². The average molecular weight is 249 g/mol. The van der Waals surface area contributed by atoms with E-state index in [1.54, 1.807) is 13.0 Å². The van der Waals surface area contributed by atoms with E-state index < -0.39 is 5.97 Å². The summed E-state index contributed by atoms with van der Waals surface area (Å²) in [6, 6.07) is 7.63. The van der Waals surface area contributed by atoms with E-state index in [1.807, 2.05) is 36.2 Å². The second kappa shape index (κ2) is 6.93. The van der Waals surface area contributed by atoms with Crippen LogP contribution in [0.1, 0.15) is 18.1 Å². The van der Waals surface area contributed by atoms with Crippen LogP contribution in [-0.2, 0) is 11.3 Å². The second-order valence-corrected chi connectivity index (χ2v) is 4.42. The van der Waals surface area contributed by atoms with Gasteiger partial charge >= 0.3 is 5.97 Å². The zero-order chi connectivity index (χ0) is 13.5. The maximum Gasteiger partial charge on any atom is 0.328 e. The molecule has 1 atom stereocenters. The summed E-state index contributed by atoms with van der Waals surface area (Å²) in [7, 11) is 1.92. The standard InChI is InChI=1S/C14H19NO3/c1-11(16)9-15(2)10-13-6-4-3-5-12(13)7-8-14(17)18/h3-8,11,16H,9-10H2,1-2H3,(H,17,18). The predicted octanol–water partition coefficient (Wildman–Crippen LogP) is 1.60. The van der Waals surface area contributed by atoms with Crippen molar-refractivity contribution in [1.29, 1.82) is 0 Å². The van der Waals surface area contributed by atoms with Crippen LogP contribution in [0.4, 0.5) is 0 Å². The second-order valence-electron chi connectivity index (χ2n) is 4.42. The normalized spacial score (nSPS) is 13.1. The van der Waals surface area contributed by atoms with Crippen LogP contribution in [-0.4, -0.2) is 40.8 Å². The molecule has 0 aromatic heterocycles. The summed E-state index contributed by atoms with van der Waals surface area (Å²) in [4.78, 5) is 12.5. The van der Waals surface area contributed by atoms with Crippen molar-refractivity contribution in [3.05, 3.63) is 41.5 Å². The zero-order valence-corrected chi connectivity index (χ0v) is 10.7. The van der Waals surface area contributed by atoms with Crippen molar-refractivity contribution < 1.29 is 15.0 Å². The van der Waals surface area contributed by atoms with Gasteiger partial charge in [-0.1, -0.05) is 24.3 Å². The van der Waals surface area contributed by atoms with Gasteiger partial charge in [0.25, 0.3) is 0 Å². The molecule has 1 rings (SSSR count). The molecular weight excluding hydrogens is 230 g/mol. The van der Waals surface area contributed by atoms with Gasteiger partial charge in [0.15, 0.2) is 0 Å². The molecule has 0 aliphatic heterocycles. The van der Waals surface area contributed by atoms with Crippen LogP contribution in [0.25, 0.3) is 6.08 Å². The lowest BCUT2D eigenvalue weighted by Gasteiger charge is -2.19. The molecule has 2 N–H and O–H groups in total. The Morgan fingerprint density at radius 1 is 1.44 bits per heavy atom. The zero-order valence-electron chi connectivity index (χ0n) is 10.7. The van der Waals surface area contributed by atoms with Gasteiger partial charge in [-0.3, -0.25) is 4.90 Å². The third-order valence-corrected chi connectivity index (χ3v) is 2.48. The minimum Gasteiger partial charge on any atom is -0.478 e. The lowest BCUT2D eigenvalue weighted by molar-refractivity contribution is -0.131. The van der Waals surface area contributed by atoms with Crippen LogP contribution in [0.2, 0.25) is 0 Å². The highest BCUT2D eigenvalue weighted by molar-refractivity contribution is 5.85. The first-order valence-corrected chi connectivity index (χ1v) is 5.84. The van der Waals surface area contributed by atoms with Crippen molar-refractivity contribution in [2.45, 2.75) is 19.6 Å².